The zero-order valence-corrected chi connectivity index (χ0v) is 11.4. The molecule has 1 nitrogen and oxygen atoms in total. The number of hydrogen-bond donors (Lipinski definition) is 1. The van der Waals surface area contributed by atoms with E-state index in [-0.39, 0.29) is 11.2 Å². The first-order valence-electron chi connectivity index (χ1n) is 6.36. The van der Waals surface area contributed by atoms with E-state index in [1.807, 2.05) is 0 Å². The second-order valence-electron chi connectivity index (χ2n) is 5.18. The van der Waals surface area contributed by atoms with Crippen LogP contribution in [-0.4, -0.2) is 12.4 Å². The quantitative estimate of drug-likeness (QED) is 0.799. The smallest absolute Gasteiger partial charge is 0.416 e. The molecule has 0 amide bonds. The fourth-order valence-corrected chi connectivity index (χ4v) is 2.88. The Labute approximate surface area is 116 Å². The Morgan fingerprint density at radius 2 is 1.89 bits per heavy atom. The van der Waals surface area contributed by atoms with Gasteiger partial charge in [-0.15, -0.1) is 0 Å². The van der Waals surface area contributed by atoms with Gasteiger partial charge in [-0.1, -0.05) is 18.9 Å². The fraction of sp³-hybridized carbons (Fsp3) is 0.571. The van der Waals surface area contributed by atoms with Gasteiger partial charge in [-0.2, -0.15) is 25.8 Å². The maximum Gasteiger partial charge on any atom is 0.416 e. The molecule has 1 aromatic carbocycles. The average Bonchev–Trinajstić information content (AvgIpc) is 2.85. The minimum atomic E-state index is -4.33. The molecule has 1 aromatic rings. The highest BCUT2D eigenvalue weighted by molar-refractivity contribution is 7.80. The zero-order chi connectivity index (χ0) is 13.9. The summed E-state index contributed by atoms with van der Waals surface area (Å²) in [6, 6.07) is 5.05. The first kappa shape index (κ1) is 14.6. The summed E-state index contributed by atoms with van der Waals surface area (Å²) in [4.78, 5) is 0. The Hall–Kier alpha value is -0.840. The summed E-state index contributed by atoms with van der Waals surface area (Å²) in [5.41, 5.74) is -0.645. The van der Waals surface area contributed by atoms with E-state index in [0.29, 0.717) is 12.4 Å². The minimum absolute atomic E-state index is 0.0251. The van der Waals surface area contributed by atoms with Crippen molar-refractivity contribution in [1.82, 2.24) is 0 Å². The van der Waals surface area contributed by atoms with Gasteiger partial charge in [-0.25, -0.2) is 0 Å². The molecule has 0 saturated heterocycles. The van der Waals surface area contributed by atoms with Gasteiger partial charge in [0, 0.05) is 5.41 Å². The Balaban J connectivity index is 2.03. The molecule has 0 atom stereocenters. The summed E-state index contributed by atoms with van der Waals surface area (Å²) in [6.45, 7) is 0.442. The molecule has 1 aliphatic rings. The maximum atomic E-state index is 12.6. The van der Waals surface area contributed by atoms with E-state index in [0.717, 1.165) is 37.8 Å². The number of rotatable bonds is 4. The van der Waals surface area contributed by atoms with E-state index >= 15 is 0 Å². The third kappa shape index (κ3) is 3.59. The van der Waals surface area contributed by atoms with Gasteiger partial charge in [-0.05, 0) is 36.8 Å². The monoisotopic (exact) mass is 290 g/mol. The predicted molar refractivity (Wildman–Crippen MR) is 71.7 cm³/mol. The van der Waals surface area contributed by atoms with Crippen molar-refractivity contribution < 1.29 is 17.9 Å². The molecule has 0 unspecified atom stereocenters. The summed E-state index contributed by atoms with van der Waals surface area (Å²) < 4.78 is 43.3. The van der Waals surface area contributed by atoms with E-state index in [1.54, 1.807) is 6.07 Å². The van der Waals surface area contributed by atoms with Crippen LogP contribution in [0.4, 0.5) is 13.2 Å². The Morgan fingerprint density at radius 3 is 2.47 bits per heavy atom. The predicted octanol–water partition coefficient (Wildman–Crippen LogP) is 4.57. The Kier molecular flexibility index (Phi) is 4.33. The molecule has 106 valence electrons. The highest BCUT2D eigenvalue weighted by atomic mass is 32.1. The van der Waals surface area contributed by atoms with E-state index in [4.69, 9.17) is 4.74 Å². The van der Waals surface area contributed by atoms with Crippen LogP contribution in [0.25, 0.3) is 0 Å². The van der Waals surface area contributed by atoms with Gasteiger partial charge < -0.3 is 4.74 Å². The van der Waals surface area contributed by atoms with Crippen LogP contribution in [0.2, 0.25) is 0 Å². The van der Waals surface area contributed by atoms with E-state index in [2.05, 4.69) is 12.6 Å². The molecule has 19 heavy (non-hydrogen) atoms. The molecule has 1 fully saturated rings. The average molecular weight is 290 g/mol. The Morgan fingerprint density at radius 1 is 1.21 bits per heavy atom. The molecule has 2 rings (SSSR count). The van der Waals surface area contributed by atoms with Gasteiger partial charge in [-0.3, -0.25) is 0 Å². The van der Waals surface area contributed by atoms with Gasteiger partial charge >= 0.3 is 6.18 Å². The van der Waals surface area contributed by atoms with Crippen molar-refractivity contribution in [2.24, 2.45) is 5.41 Å². The van der Waals surface area contributed by atoms with Gasteiger partial charge in [0.15, 0.2) is 0 Å². The highest BCUT2D eigenvalue weighted by Gasteiger charge is 2.34. The van der Waals surface area contributed by atoms with Crippen LogP contribution in [0.3, 0.4) is 0 Å². The third-order valence-electron chi connectivity index (χ3n) is 3.71. The lowest BCUT2D eigenvalue weighted by Crippen LogP contribution is -2.27. The summed E-state index contributed by atoms with van der Waals surface area (Å²) in [6.07, 6.45) is 0.0396. The van der Waals surface area contributed by atoms with Gasteiger partial charge in [0.05, 0.1) is 12.2 Å². The largest absolute Gasteiger partial charge is 0.493 e. The number of thiol groups is 1. The van der Waals surface area contributed by atoms with Crippen LogP contribution < -0.4 is 4.74 Å². The van der Waals surface area contributed by atoms with Crippen molar-refractivity contribution in [2.45, 2.75) is 31.9 Å². The number of alkyl halides is 3. The van der Waals surface area contributed by atoms with Crippen molar-refractivity contribution >= 4 is 12.6 Å². The number of halogens is 3. The maximum absolute atomic E-state index is 12.6. The SMILES string of the molecule is FC(F)(F)c1cccc(OCC2(CS)CCCC2)c1. The summed E-state index contributed by atoms with van der Waals surface area (Å²) >= 11 is 4.35. The molecule has 0 bridgehead atoms. The van der Waals surface area contributed by atoms with Crippen LogP contribution in [0.1, 0.15) is 31.2 Å². The first-order chi connectivity index (χ1) is 8.95. The lowest BCUT2D eigenvalue weighted by atomic mass is 9.90. The summed E-state index contributed by atoms with van der Waals surface area (Å²) in [5.74, 6) is 0.995. The van der Waals surface area contributed by atoms with E-state index in [1.165, 1.54) is 6.07 Å². The van der Waals surface area contributed by atoms with Crippen molar-refractivity contribution in [3.8, 4) is 5.75 Å². The first-order valence-corrected chi connectivity index (χ1v) is 6.99. The van der Waals surface area contributed by atoms with E-state index < -0.39 is 11.7 Å². The van der Waals surface area contributed by atoms with Crippen LogP contribution in [0.15, 0.2) is 24.3 Å². The van der Waals surface area contributed by atoms with Crippen LogP contribution in [0.5, 0.6) is 5.75 Å². The van der Waals surface area contributed by atoms with Crippen molar-refractivity contribution in [3.63, 3.8) is 0 Å². The molecule has 5 heteroatoms. The van der Waals surface area contributed by atoms with Gasteiger partial charge in [0.2, 0.25) is 0 Å². The Bertz CT molecular complexity index is 425. The molecular formula is C14H17F3OS. The van der Waals surface area contributed by atoms with Crippen molar-refractivity contribution in [3.05, 3.63) is 29.8 Å². The van der Waals surface area contributed by atoms with Crippen molar-refractivity contribution in [1.29, 1.82) is 0 Å². The fourth-order valence-electron chi connectivity index (χ4n) is 2.47. The molecule has 1 aliphatic carbocycles. The molecule has 0 heterocycles. The molecule has 0 N–H and O–H groups in total. The normalized spacial score (nSPS) is 18.5. The standard InChI is InChI=1S/C14H17F3OS/c15-14(16,17)11-4-3-5-12(8-11)18-9-13(10-19)6-1-2-7-13/h3-5,8,19H,1-2,6-7,9-10H2. The molecule has 0 radical (unpaired) electrons. The lowest BCUT2D eigenvalue weighted by molar-refractivity contribution is -0.137. The van der Waals surface area contributed by atoms with Crippen LogP contribution >= 0.6 is 12.6 Å². The van der Waals surface area contributed by atoms with Gasteiger partial charge in [0.25, 0.3) is 0 Å². The molecule has 0 aromatic heterocycles. The van der Waals surface area contributed by atoms with Crippen LogP contribution in [0, 0.1) is 5.41 Å². The molecule has 0 aliphatic heterocycles. The summed E-state index contributed by atoms with van der Waals surface area (Å²) in [5, 5.41) is 0. The second kappa shape index (κ2) is 5.65. The molecule has 0 spiro atoms. The van der Waals surface area contributed by atoms with Crippen molar-refractivity contribution in [2.75, 3.05) is 12.4 Å². The molecular weight excluding hydrogens is 273 g/mol. The third-order valence-corrected chi connectivity index (χ3v) is 4.38. The van der Waals surface area contributed by atoms with Gasteiger partial charge in [0.1, 0.15) is 5.75 Å². The minimum Gasteiger partial charge on any atom is -0.493 e. The second-order valence-corrected chi connectivity index (χ2v) is 5.50. The zero-order valence-electron chi connectivity index (χ0n) is 10.5. The summed E-state index contributed by atoms with van der Waals surface area (Å²) in [7, 11) is 0. The lowest BCUT2D eigenvalue weighted by Gasteiger charge is -2.26. The van der Waals surface area contributed by atoms with E-state index in [9.17, 15) is 13.2 Å². The topological polar surface area (TPSA) is 9.23 Å². The van der Waals surface area contributed by atoms with Crippen LogP contribution in [-0.2, 0) is 6.18 Å². The number of benzene rings is 1. The molecule has 1 saturated carbocycles. The number of ether oxygens (including phenoxy) is 1. The number of hydrogen-bond acceptors (Lipinski definition) is 2. The highest BCUT2D eigenvalue weighted by Crippen LogP contribution is 2.39.